The Hall–Kier alpha value is -2.63. The highest BCUT2D eigenvalue weighted by Crippen LogP contribution is 2.30. The molecule has 1 aliphatic heterocycles. The number of nitrogens with one attached hydrogen (secondary N) is 1. The number of nitrogens with zero attached hydrogens (tertiary/aromatic N) is 2. The van der Waals surface area contributed by atoms with Crippen LogP contribution in [-0.4, -0.2) is 20.9 Å². The molecule has 96 valence electrons. The molecule has 5 nitrogen and oxygen atoms in total. The normalized spacial score (nSPS) is 17.3. The van der Waals surface area contributed by atoms with Crippen LogP contribution in [0.1, 0.15) is 11.6 Å². The van der Waals surface area contributed by atoms with Crippen LogP contribution in [0.3, 0.4) is 0 Å². The van der Waals surface area contributed by atoms with E-state index in [1.54, 1.807) is 28.9 Å². The average molecular weight is 259 g/mol. The van der Waals surface area contributed by atoms with Crippen molar-refractivity contribution >= 4 is 11.8 Å². The molecule has 0 amide bonds. The van der Waals surface area contributed by atoms with Crippen molar-refractivity contribution < 1.29 is 14.3 Å². The first kappa shape index (κ1) is 11.5. The molecule has 0 aliphatic carbocycles. The smallest absolute Gasteiger partial charge is 0.352 e. The van der Waals surface area contributed by atoms with Crippen molar-refractivity contribution in [3.05, 3.63) is 59.7 Å². The Balaban J connectivity index is 2.15. The Bertz CT molecular complexity index is 678. The number of aromatic nitrogens is 2. The number of aliphatic carboxylic acids is 1. The zero-order valence-corrected chi connectivity index (χ0v) is 9.75. The van der Waals surface area contributed by atoms with Crippen LogP contribution in [0.25, 0.3) is 0 Å². The molecule has 1 unspecified atom stereocenters. The largest absolute Gasteiger partial charge is 0.477 e. The molecule has 3 rings (SSSR count). The highest BCUT2D eigenvalue weighted by molar-refractivity contribution is 5.90. The molecule has 1 aromatic carbocycles. The second kappa shape index (κ2) is 4.24. The Morgan fingerprint density at radius 2 is 2.16 bits per heavy atom. The quantitative estimate of drug-likeness (QED) is 0.865. The minimum absolute atomic E-state index is 0.0150. The van der Waals surface area contributed by atoms with Crippen molar-refractivity contribution in [1.29, 1.82) is 0 Å². The molecule has 0 bridgehead atoms. The number of anilines is 1. The van der Waals surface area contributed by atoms with E-state index in [0.717, 1.165) is 0 Å². The molecule has 2 N–H and O–H groups in total. The second-order valence-corrected chi connectivity index (χ2v) is 4.14. The zero-order chi connectivity index (χ0) is 13.4. The van der Waals surface area contributed by atoms with Gasteiger partial charge in [0.1, 0.15) is 23.4 Å². The monoisotopic (exact) mass is 259 g/mol. The van der Waals surface area contributed by atoms with Crippen molar-refractivity contribution in [2.45, 2.75) is 6.04 Å². The van der Waals surface area contributed by atoms with Gasteiger partial charge < -0.3 is 10.4 Å². The maximum atomic E-state index is 13.9. The SMILES string of the molecule is O=C(O)C1=CC(c2ccccc2F)n2nccc2N1. The molecule has 2 heterocycles. The molecule has 2 aromatic rings. The van der Waals surface area contributed by atoms with Gasteiger partial charge in [0.25, 0.3) is 0 Å². The topological polar surface area (TPSA) is 67.1 Å². The molecule has 0 saturated heterocycles. The molecular weight excluding hydrogens is 249 g/mol. The van der Waals surface area contributed by atoms with Crippen LogP contribution in [0, 0.1) is 5.82 Å². The first-order valence-electron chi connectivity index (χ1n) is 5.67. The molecule has 19 heavy (non-hydrogen) atoms. The van der Waals surface area contributed by atoms with Crippen LogP contribution in [0.5, 0.6) is 0 Å². The number of carboxylic acid groups (broad SMARTS) is 1. The lowest BCUT2D eigenvalue weighted by molar-refractivity contribution is -0.132. The number of halogens is 1. The van der Waals surface area contributed by atoms with Crippen molar-refractivity contribution in [2.24, 2.45) is 0 Å². The minimum atomic E-state index is -1.09. The number of rotatable bonds is 2. The number of hydrogen-bond acceptors (Lipinski definition) is 3. The summed E-state index contributed by atoms with van der Waals surface area (Å²) < 4.78 is 15.4. The lowest BCUT2D eigenvalue weighted by Crippen LogP contribution is -2.24. The van der Waals surface area contributed by atoms with Crippen LogP contribution in [0.4, 0.5) is 10.2 Å². The van der Waals surface area contributed by atoms with Gasteiger partial charge in [-0.1, -0.05) is 18.2 Å². The standard InChI is InChI=1S/C13H10FN3O2/c14-9-4-2-1-3-8(9)11-7-10(13(18)19)16-12-5-6-15-17(11)12/h1-7,11,16H,(H,18,19). The fraction of sp³-hybridized carbons (Fsp3) is 0.0769. The van der Waals surface area contributed by atoms with Gasteiger partial charge in [-0.2, -0.15) is 5.10 Å². The molecular formula is C13H10FN3O2. The molecule has 0 radical (unpaired) electrons. The fourth-order valence-corrected chi connectivity index (χ4v) is 2.10. The van der Waals surface area contributed by atoms with E-state index in [1.165, 1.54) is 18.3 Å². The fourth-order valence-electron chi connectivity index (χ4n) is 2.10. The van der Waals surface area contributed by atoms with Gasteiger partial charge in [-0.25, -0.2) is 13.9 Å². The number of hydrogen-bond donors (Lipinski definition) is 2. The Morgan fingerprint density at radius 1 is 1.37 bits per heavy atom. The number of carbonyl (C=O) groups is 1. The van der Waals surface area contributed by atoms with Crippen molar-refractivity contribution in [3.8, 4) is 0 Å². The molecule has 0 saturated carbocycles. The highest BCUT2D eigenvalue weighted by atomic mass is 19.1. The van der Waals surface area contributed by atoms with Gasteiger partial charge in [-0.05, 0) is 12.1 Å². The number of fused-ring (bicyclic) bond motifs is 1. The van der Waals surface area contributed by atoms with Gasteiger partial charge in [0.2, 0.25) is 0 Å². The number of benzene rings is 1. The second-order valence-electron chi connectivity index (χ2n) is 4.14. The Labute approximate surface area is 108 Å². The van der Waals surface area contributed by atoms with E-state index in [9.17, 15) is 9.18 Å². The van der Waals surface area contributed by atoms with Gasteiger partial charge in [-0.15, -0.1) is 0 Å². The van der Waals surface area contributed by atoms with Crippen LogP contribution in [0.15, 0.2) is 48.3 Å². The summed E-state index contributed by atoms with van der Waals surface area (Å²) in [6.45, 7) is 0. The van der Waals surface area contributed by atoms with Gasteiger partial charge in [0, 0.05) is 11.6 Å². The van der Waals surface area contributed by atoms with Gasteiger partial charge in [0.05, 0.1) is 6.20 Å². The van der Waals surface area contributed by atoms with Crippen molar-refractivity contribution in [3.63, 3.8) is 0 Å². The molecule has 6 heteroatoms. The zero-order valence-electron chi connectivity index (χ0n) is 9.75. The Kier molecular flexibility index (Phi) is 2.56. The van der Waals surface area contributed by atoms with Gasteiger partial charge >= 0.3 is 5.97 Å². The molecule has 1 aromatic heterocycles. The summed E-state index contributed by atoms with van der Waals surface area (Å²) in [4.78, 5) is 11.1. The van der Waals surface area contributed by atoms with Gasteiger partial charge in [-0.3, -0.25) is 0 Å². The van der Waals surface area contributed by atoms with Crippen LogP contribution in [0.2, 0.25) is 0 Å². The number of carboxylic acids is 1. The van der Waals surface area contributed by atoms with E-state index in [2.05, 4.69) is 10.4 Å². The lowest BCUT2D eigenvalue weighted by Gasteiger charge is -2.23. The summed E-state index contributed by atoms with van der Waals surface area (Å²) in [6.07, 6.45) is 2.98. The first-order valence-corrected chi connectivity index (χ1v) is 5.67. The third-order valence-corrected chi connectivity index (χ3v) is 2.98. The van der Waals surface area contributed by atoms with E-state index in [-0.39, 0.29) is 5.70 Å². The average Bonchev–Trinajstić information content (AvgIpc) is 2.86. The predicted molar refractivity (Wildman–Crippen MR) is 66.1 cm³/mol. The van der Waals surface area contributed by atoms with E-state index < -0.39 is 17.8 Å². The molecule has 1 aliphatic rings. The Morgan fingerprint density at radius 3 is 2.89 bits per heavy atom. The van der Waals surface area contributed by atoms with Crippen LogP contribution in [-0.2, 0) is 4.79 Å². The molecule has 0 spiro atoms. The first-order chi connectivity index (χ1) is 9.16. The van der Waals surface area contributed by atoms with Gasteiger partial charge in [0.15, 0.2) is 0 Å². The van der Waals surface area contributed by atoms with E-state index in [0.29, 0.717) is 11.4 Å². The summed E-state index contributed by atoms with van der Waals surface area (Å²) in [5.41, 5.74) is 0.397. The maximum absolute atomic E-state index is 13.9. The van der Waals surface area contributed by atoms with Crippen LogP contribution >= 0.6 is 0 Å². The summed E-state index contributed by atoms with van der Waals surface area (Å²) in [5, 5.41) is 15.9. The minimum Gasteiger partial charge on any atom is -0.477 e. The summed E-state index contributed by atoms with van der Waals surface area (Å²) >= 11 is 0. The lowest BCUT2D eigenvalue weighted by atomic mass is 10.0. The highest BCUT2D eigenvalue weighted by Gasteiger charge is 2.25. The summed E-state index contributed by atoms with van der Waals surface area (Å²) in [7, 11) is 0. The summed E-state index contributed by atoms with van der Waals surface area (Å²) in [6, 6.07) is 7.33. The van der Waals surface area contributed by atoms with E-state index in [1.807, 2.05) is 0 Å². The van der Waals surface area contributed by atoms with Crippen molar-refractivity contribution in [1.82, 2.24) is 9.78 Å². The number of allylic oxidation sites excluding steroid dienone is 1. The van der Waals surface area contributed by atoms with E-state index >= 15 is 0 Å². The third-order valence-electron chi connectivity index (χ3n) is 2.98. The summed E-state index contributed by atoms with van der Waals surface area (Å²) in [5.74, 6) is -0.959. The van der Waals surface area contributed by atoms with Crippen LogP contribution < -0.4 is 5.32 Å². The van der Waals surface area contributed by atoms with Crippen molar-refractivity contribution in [2.75, 3.05) is 5.32 Å². The molecule has 1 atom stereocenters. The maximum Gasteiger partial charge on any atom is 0.352 e. The third kappa shape index (κ3) is 1.87. The van der Waals surface area contributed by atoms with E-state index in [4.69, 9.17) is 5.11 Å². The predicted octanol–water partition coefficient (Wildman–Crippen LogP) is 2.01. The molecule has 0 fully saturated rings.